The van der Waals surface area contributed by atoms with Gasteiger partial charge in [0.1, 0.15) is 12.4 Å². The predicted octanol–water partition coefficient (Wildman–Crippen LogP) is 3.75. The summed E-state index contributed by atoms with van der Waals surface area (Å²) < 4.78 is 5.98. The van der Waals surface area contributed by atoms with E-state index in [1.54, 1.807) is 0 Å². The minimum Gasteiger partial charge on any atom is -0.489 e. The molecule has 3 heteroatoms. The second-order valence-electron chi connectivity index (χ2n) is 5.15. The van der Waals surface area contributed by atoms with Crippen LogP contribution in [-0.4, -0.2) is 6.54 Å². The lowest BCUT2D eigenvalue weighted by Gasteiger charge is -2.11. The predicted molar refractivity (Wildman–Crippen MR) is 84.4 cm³/mol. The van der Waals surface area contributed by atoms with Crippen LogP contribution in [-0.2, 0) is 6.61 Å². The molecule has 1 aliphatic rings. The fourth-order valence-corrected chi connectivity index (χ4v) is 2.54. The molecule has 3 rings (SSSR count). The first-order valence-electron chi connectivity index (χ1n) is 6.84. The van der Waals surface area contributed by atoms with Crippen LogP contribution in [0.2, 0.25) is 0 Å². The van der Waals surface area contributed by atoms with Gasteiger partial charge in [0.05, 0.1) is 0 Å². The molecule has 1 saturated carbocycles. The van der Waals surface area contributed by atoms with E-state index in [2.05, 4.69) is 30.3 Å². The van der Waals surface area contributed by atoms with Crippen molar-refractivity contribution >= 4 is 12.4 Å². The van der Waals surface area contributed by atoms with E-state index in [-0.39, 0.29) is 12.4 Å². The van der Waals surface area contributed by atoms with Crippen molar-refractivity contribution in [2.45, 2.75) is 18.9 Å². The van der Waals surface area contributed by atoms with Crippen LogP contribution in [0, 0.1) is 5.92 Å². The Balaban J connectivity index is 0.00000147. The molecule has 20 heavy (non-hydrogen) atoms. The van der Waals surface area contributed by atoms with Gasteiger partial charge in [-0.2, -0.15) is 0 Å². The number of nitrogens with two attached hydrogens (primary N) is 1. The number of hydrogen-bond acceptors (Lipinski definition) is 2. The summed E-state index contributed by atoms with van der Waals surface area (Å²) in [6.07, 6.45) is 1.20. The second kappa shape index (κ2) is 6.78. The zero-order valence-electron chi connectivity index (χ0n) is 11.4. The van der Waals surface area contributed by atoms with E-state index < -0.39 is 0 Å². The summed E-state index contributed by atoms with van der Waals surface area (Å²) in [6.45, 7) is 1.40. The first kappa shape index (κ1) is 14.9. The van der Waals surface area contributed by atoms with Gasteiger partial charge >= 0.3 is 0 Å². The number of rotatable bonds is 5. The van der Waals surface area contributed by atoms with E-state index in [1.165, 1.54) is 17.5 Å². The molecule has 0 aliphatic heterocycles. The largest absolute Gasteiger partial charge is 0.489 e. The Labute approximate surface area is 126 Å². The monoisotopic (exact) mass is 289 g/mol. The minimum absolute atomic E-state index is 0. The van der Waals surface area contributed by atoms with E-state index >= 15 is 0 Å². The Morgan fingerprint density at radius 3 is 2.40 bits per heavy atom. The molecule has 0 bridgehead atoms. The maximum Gasteiger partial charge on any atom is 0.123 e. The van der Waals surface area contributed by atoms with Crippen LogP contribution in [0.4, 0.5) is 0 Å². The molecular weight excluding hydrogens is 270 g/mol. The Bertz CT molecular complexity index is 544. The van der Waals surface area contributed by atoms with Gasteiger partial charge in [0.15, 0.2) is 0 Å². The first-order valence-corrected chi connectivity index (χ1v) is 6.84. The van der Waals surface area contributed by atoms with Gasteiger partial charge in [-0.3, -0.25) is 0 Å². The van der Waals surface area contributed by atoms with E-state index in [4.69, 9.17) is 10.5 Å². The molecule has 0 spiro atoms. The van der Waals surface area contributed by atoms with Crippen LogP contribution in [0.3, 0.4) is 0 Å². The standard InChI is InChI=1S/C17H19NO.ClH/c18-11-14-10-16(14)15-8-4-5-9-17(15)19-12-13-6-2-1-3-7-13;/h1-9,14,16H,10-12,18H2;1H/t14-,16+;/m1./s1. The van der Waals surface area contributed by atoms with Gasteiger partial charge in [-0.15, -0.1) is 12.4 Å². The molecule has 0 saturated heterocycles. The van der Waals surface area contributed by atoms with Crippen molar-refractivity contribution in [2.24, 2.45) is 11.7 Å². The van der Waals surface area contributed by atoms with Crippen LogP contribution in [0.5, 0.6) is 5.75 Å². The maximum absolute atomic E-state index is 5.98. The van der Waals surface area contributed by atoms with E-state index in [0.29, 0.717) is 18.4 Å². The topological polar surface area (TPSA) is 35.2 Å². The number of halogens is 1. The second-order valence-corrected chi connectivity index (χ2v) is 5.15. The van der Waals surface area contributed by atoms with Gasteiger partial charge < -0.3 is 10.5 Å². The van der Waals surface area contributed by atoms with Gasteiger partial charge in [0.25, 0.3) is 0 Å². The fourth-order valence-electron chi connectivity index (χ4n) is 2.54. The van der Waals surface area contributed by atoms with Crippen molar-refractivity contribution in [3.8, 4) is 5.75 Å². The Morgan fingerprint density at radius 2 is 1.70 bits per heavy atom. The third kappa shape index (κ3) is 3.33. The molecule has 0 amide bonds. The first-order chi connectivity index (χ1) is 9.38. The van der Waals surface area contributed by atoms with Gasteiger partial charge in [0.2, 0.25) is 0 Å². The van der Waals surface area contributed by atoms with Crippen LogP contribution in [0.1, 0.15) is 23.5 Å². The summed E-state index contributed by atoms with van der Waals surface area (Å²) in [6, 6.07) is 18.6. The Hall–Kier alpha value is -1.51. The van der Waals surface area contributed by atoms with E-state index in [1.807, 2.05) is 24.3 Å². The lowest BCUT2D eigenvalue weighted by molar-refractivity contribution is 0.302. The van der Waals surface area contributed by atoms with Gasteiger partial charge in [-0.25, -0.2) is 0 Å². The third-order valence-corrected chi connectivity index (χ3v) is 3.78. The lowest BCUT2D eigenvalue weighted by Crippen LogP contribution is -2.03. The van der Waals surface area contributed by atoms with Crippen molar-refractivity contribution < 1.29 is 4.74 Å². The van der Waals surface area contributed by atoms with Crippen molar-refractivity contribution in [3.63, 3.8) is 0 Å². The highest BCUT2D eigenvalue weighted by molar-refractivity contribution is 5.85. The zero-order valence-corrected chi connectivity index (χ0v) is 12.2. The molecule has 106 valence electrons. The van der Waals surface area contributed by atoms with E-state index in [0.717, 1.165) is 12.3 Å². The summed E-state index contributed by atoms with van der Waals surface area (Å²) in [5, 5.41) is 0. The molecular formula is C17H20ClNO. The fraction of sp³-hybridized carbons (Fsp3) is 0.294. The van der Waals surface area contributed by atoms with Crippen molar-refractivity contribution in [3.05, 3.63) is 65.7 Å². The van der Waals surface area contributed by atoms with Gasteiger partial charge in [0, 0.05) is 0 Å². The zero-order chi connectivity index (χ0) is 13.1. The molecule has 0 aromatic heterocycles. The Kier molecular flexibility index (Phi) is 5.05. The highest BCUT2D eigenvalue weighted by atomic mass is 35.5. The lowest BCUT2D eigenvalue weighted by atomic mass is 10.1. The molecule has 2 nitrogen and oxygen atoms in total. The molecule has 0 heterocycles. The number of ether oxygens (including phenoxy) is 1. The molecule has 0 radical (unpaired) electrons. The van der Waals surface area contributed by atoms with Crippen LogP contribution in [0.25, 0.3) is 0 Å². The summed E-state index contributed by atoms with van der Waals surface area (Å²) in [7, 11) is 0. The molecule has 1 fully saturated rings. The SMILES string of the molecule is Cl.NC[C@H]1C[C@@H]1c1ccccc1OCc1ccccc1. The van der Waals surface area contributed by atoms with Crippen LogP contribution in [0.15, 0.2) is 54.6 Å². The smallest absolute Gasteiger partial charge is 0.123 e. The highest BCUT2D eigenvalue weighted by Crippen LogP contribution is 2.49. The average Bonchev–Trinajstić information content (AvgIpc) is 3.26. The summed E-state index contributed by atoms with van der Waals surface area (Å²) >= 11 is 0. The van der Waals surface area contributed by atoms with Crippen molar-refractivity contribution in [1.82, 2.24) is 0 Å². The molecule has 2 N–H and O–H groups in total. The van der Waals surface area contributed by atoms with Gasteiger partial charge in [-0.05, 0) is 42.0 Å². The summed E-state index contributed by atoms with van der Waals surface area (Å²) in [5.74, 6) is 2.24. The highest BCUT2D eigenvalue weighted by Gasteiger charge is 2.38. The van der Waals surface area contributed by atoms with Crippen LogP contribution < -0.4 is 10.5 Å². The van der Waals surface area contributed by atoms with Crippen molar-refractivity contribution in [2.75, 3.05) is 6.54 Å². The van der Waals surface area contributed by atoms with E-state index in [9.17, 15) is 0 Å². The van der Waals surface area contributed by atoms with Gasteiger partial charge in [-0.1, -0.05) is 48.5 Å². The third-order valence-electron chi connectivity index (χ3n) is 3.78. The molecule has 2 aromatic rings. The maximum atomic E-state index is 5.98. The molecule has 2 aromatic carbocycles. The Morgan fingerprint density at radius 1 is 1.00 bits per heavy atom. The molecule has 0 unspecified atom stereocenters. The number of para-hydroxylation sites is 1. The number of benzene rings is 2. The normalized spacial score (nSPS) is 20.1. The van der Waals surface area contributed by atoms with Crippen LogP contribution >= 0.6 is 12.4 Å². The average molecular weight is 290 g/mol. The van der Waals surface area contributed by atoms with Crippen molar-refractivity contribution in [1.29, 1.82) is 0 Å². The molecule has 2 atom stereocenters. The molecule has 1 aliphatic carbocycles. The number of hydrogen-bond donors (Lipinski definition) is 1. The minimum atomic E-state index is 0. The summed E-state index contributed by atoms with van der Waals surface area (Å²) in [4.78, 5) is 0. The summed E-state index contributed by atoms with van der Waals surface area (Å²) in [5.41, 5.74) is 8.25. The quantitative estimate of drug-likeness (QED) is 0.910.